The molecule has 1 fully saturated rings. The summed E-state index contributed by atoms with van der Waals surface area (Å²) in [6.45, 7) is 23.9. The fraction of sp³-hybridized carbons (Fsp3) is 0.517. The minimum atomic E-state index is -2.13. The Morgan fingerprint density at radius 1 is 0.936 bits per heavy atom. The van der Waals surface area contributed by atoms with Crippen molar-refractivity contribution in [2.45, 2.75) is 120 Å². The van der Waals surface area contributed by atoms with Crippen LogP contribution in [0.5, 0.6) is 17.2 Å². The molecule has 1 aliphatic carbocycles. The first-order valence-electron chi connectivity index (χ1n) is 26.5. The molecule has 5 bridgehead atoms. The second kappa shape index (κ2) is 23.0. The number of Topliss-reactive ketones (excluding diaryl/α,β-unsaturated/α-hetero) is 1. The summed E-state index contributed by atoms with van der Waals surface area (Å²) < 4.78 is 25.2. The van der Waals surface area contributed by atoms with Gasteiger partial charge in [-0.05, 0) is 51.5 Å². The van der Waals surface area contributed by atoms with Crippen molar-refractivity contribution in [1.82, 2.24) is 15.2 Å². The number of phenols is 2. The molecule has 5 aliphatic heterocycles. The van der Waals surface area contributed by atoms with Crippen molar-refractivity contribution in [2.24, 2.45) is 40.9 Å². The van der Waals surface area contributed by atoms with Crippen LogP contribution in [0.25, 0.3) is 33.3 Å². The van der Waals surface area contributed by atoms with E-state index >= 15 is 0 Å². The smallest absolute Gasteiger partial charge is 0.312 e. The quantitative estimate of drug-likeness (QED) is 0.0332. The summed E-state index contributed by atoms with van der Waals surface area (Å²) in [5, 5.41) is 51.6. The summed E-state index contributed by atoms with van der Waals surface area (Å²) in [5.74, 6) is -9.49. The number of esters is 1. The SMILES string of the molecule is C/C1=C/C=C/[C@H](C)[C@H](O)[C@@H](C)[C@@H](O)[C@@H](C)[C@H](OC(=O)C(C)(C)CC(=O)NC(C=O)C=O)[C@H](C)[C@@H](C)/C=C/O[C@@]2(C)Oc3c(C)c(O)c4c(=O)c(c5oc6cc(N7CCN(CC(C)C)CC7)cc(O)c6nc-5c4c3C2=O)NC1=O. The largest absolute Gasteiger partial charge is 0.507 e. The van der Waals surface area contributed by atoms with Gasteiger partial charge in [0.05, 0.1) is 34.8 Å². The number of hydrogen-bond acceptors (Lipinski definition) is 18. The fourth-order valence-corrected chi connectivity index (χ4v) is 10.5. The molecule has 0 unspecified atom stereocenters. The van der Waals surface area contributed by atoms with Gasteiger partial charge in [-0.3, -0.25) is 28.9 Å². The topological polar surface area (TPSA) is 285 Å². The number of nitrogens with one attached hydrogen (secondary N) is 2. The van der Waals surface area contributed by atoms with Gasteiger partial charge < -0.3 is 64.2 Å². The average Bonchev–Trinajstić information content (AvgIpc) is 3.90. The van der Waals surface area contributed by atoms with Gasteiger partial charge in [-0.2, -0.15) is 0 Å². The van der Waals surface area contributed by atoms with E-state index in [1.165, 1.54) is 47.0 Å². The molecule has 6 N–H and O–H groups in total. The Balaban J connectivity index is 1.35. The Bertz CT molecular complexity index is 3130. The van der Waals surface area contributed by atoms with Crippen molar-refractivity contribution >= 4 is 69.4 Å². The van der Waals surface area contributed by atoms with Crippen LogP contribution in [0.3, 0.4) is 0 Å². The van der Waals surface area contributed by atoms with Gasteiger partial charge in [-0.1, -0.05) is 66.7 Å². The highest BCUT2D eigenvalue weighted by atomic mass is 16.7. The Morgan fingerprint density at radius 2 is 1.60 bits per heavy atom. The number of allylic oxidation sites excluding steroid dienone is 3. The molecule has 20 nitrogen and oxygen atoms in total. The second-order valence-electron chi connectivity index (χ2n) is 22.6. The maximum absolute atomic E-state index is 15.0. The molecule has 1 saturated heterocycles. The summed E-state index contributed by atoms with van der Waals surface area (Å²) >= 11 is 0. The van der Waals surface area contributed by atoms with Gasteiger partial charge in [0, 0.05) is 98.2 Å². The summed E-state index contributed by atoms with van der Waals surface area (Å²) in [5.41, 5.74) is -2.40. The minimum Gasteiger partial charge on any atom is -0.507 e. The van der Waals surface area contributed by atoms with Crippen LogP contribution in [-0.2, 0) is 33.4 Å². The normalized spacial score (nSPS) is 27.3. The predicted molar refractivity (Wildman–Crippen MR) is 291 cm³/mol. The summed E-state index contributed by atoms with van der Waals surface area (Å²) in [6, 6.07) is 1.84. The highest BCUT2D eigenvalue weighted by molar-refractivity contribution is 6.22. The van der Waals surface area contributed by atoms with E-state index in [0.29, 0.717) is 24.7 Å². The first kappa shape index (κ1) is 58.5. The number of ether oxygens (including phenoxy) is 3. The molecule has 420 valence electrons. The van der Waals surface area contributed by atoms with Crippen LogP contribution in [-0.4, -0.2) is 129 Å². The van der Waals surface area contributed by atoms with Gasteiger partial charge in [0.2, 0.25) is 11.3 Å². The third-order valence-corrected chi connectivity index (χ3v) is 15.6. The van der Waals surface area contributed by atoms with Crippen molar-refractivity contribution in [3.63, 3.8) is 0 Å². The predicted octanol–water partition coefficient (Wildman–Crippen LogP) is 6.33. The number of aldehydes is 2. The molecule has 6 aliphatic rings. The molecule has 2 aromatic rings. The number of aliphatic hydroxyl groups is 2. The molecular formula is C58H73N5O15. The third-order valence-electron chi connectivity index (χ3n) is 15.6. The molecule has 2 amide bonds. The molecule has 0 spiro atoms. The monoisotopic (exact) mass is 1080 g/mol. The number of aromatic nitrogens is 1. The third kappa shape index (κ3) is 11.5. The number of phenolic OH excluding ortho intramolecular Hbond substituents is 2. The molecule has 0 saturated carbocycles. The van der Waals surface area contributed by atoms with Crippen LogP contribution in [0, 0.1) is 47.8 Å². The number of ketones is 1. The number of piperazine rings is 1. The van der Waals surface area contributed by atoms with E-state index < -0.39 is 112 Å². The van der Waals surface area contributed by atoms with Crippen molar-refractivity contribution in [2.75, 3.05) is 42.9 Å². The van der Waals surface area contributed by atoms with Crippen LogP contribution < -0.4 is 25.7 Å². The summed E-state index contributed by atoms with van der Waals surface area (Å²) in [6.07, 6.45) is 3.95. The number of fused-ring (bicyclic) bond motifs is 14. The van der Waals surface area contributed by atoms with Crippen LogP contribution in [0.2, 0.25) is 0 Å². The van der Waals surface area contributed by atoms with Crippen LogP contribution in [0.4, 0.5) is 11.4 Å². The zero-order chi connectivity index (χ0) is 57.5. The molecule has 5 heterocycles. The number of aromatic hydroxyl groups is 2. The zero-order valence-electron chi connectivity index (χ0n) is 46.3. The minimum absolute atomic E-state index is 0.00115. The van der Waals surface area contributed by atoms with Crippen LogP contribution >= 0.6 is 0 Å². The van der Waals surface area contributed by atoms with Crippen molar-refractivity contribution < 1.29 is 67.8 Å². The Hall–Kier alpha value is -7.16. The maximum Gasteiger partial charge on any atom is 0.312 e. The lowest BCUT2D eigenvalue weighted by Gasteiger charge is -2.39. The highest BCUT2D eigenvalue weighted by Crippen LogP contribution is 2.51. The highest BCUT2D eigenvalue weighted by Gasteiger charge is 2.50. The van der Waals surface area contributed by atoms with E-state index in [-0.39, 0.29) is 74.1 Å². The number of hydrogen-bond donors (Lipinski definition) is 6. The van der Waals surface area contributed by atoms with Gasteiger partial charge in [0.1, 0.15) is 58.9 Å². The molecule has 2 aromatic carbocycles. The lowest BCUT2D eigenvalue weighted by Crippen LogP contribution is -2.47. The molecule has 0 aromatic heterocycles. The molecule has 20 heteroatoms. The van der Waals surface area contributed by atoms with Crippen molar-refractivity contribution in [3.8, 4) is 28.7 Å². The van der Waals surface area contributed by atoms with Gasteiger partial charge in [0.15, 0.2) is 11.3 Å². The Kier molecular flexibility index (Phi) is 17.3. The number of rotatable bonds is 10. The molecule has 9 atom stereocenters. The lowest BCUT2D eigenvalue weighted by molar-refractivity contribution is -0.172. The van der Waals surface area contributed by atoms with Crippen molar-refractivity contribution in [3.05, 3.63) is 69.6 Å². The van der Waals surface area contributed by atoms with Crippen molar-refractivity contribution in [1.29, 1.82) is 0 Å². The second-order valence-corrected chi connectivity index (χ2v) is 22.6. The van der Waals surface area contributed by atoms with Gasteiger partial charge in [-0.15, -0.1) is 0 Å². The number of benzene rings is 3. The van der Waals surface area contributed by atoms with E-state index in [0.717, 1.165) is 19.6 Å². The molecule has 8 rings (SSSR count). The Labute approximate surface area is 452 Å². The first-order valence-corrected chi connectivity index (χ1v) is 26.5. The number of amides is 2. The number of aliphatic hydroxyl groups excluding tert-OH is 2. The first-order chi connectivity index (χ1) is 36.6. The van der Waals surface area contributed by atoms with E-state index in [2.05, 4.69) is 34.3 Å². The lowest BCUT2D eigenvalue weighted by atomic mass is 9.76. The van der Waals surface area contributed by atoms with Gasteiger partial charge in [-0.25, -0.2) is 4.98 Å². The zero-order valence-corrected chi connectivity index (χ0v) is 46.3. The van der Waals surface area contributed by atoms with Gasteiger partial charge in [0.25, 0.3) is 11.7 Å². The molecule has 78 heavy (non-hydrogen) atoms. The van der Waals surface area contributed by atoms with E-state index in [1.807, 2.05) is 0 Å². The van der Waals surface area contributed by atoms with Gasteiger partial charge >= 0.3 is 11.8 Å². The fourth-order valence-electron chi connectivity index (χ4n) is 10.5. The van der Waals surface area contributed by atoms with E-state index in [1.54, 1.807) is 65.0 Å². The number of nitrogens with zero attached hydrogens (tertiary/aromatic N) is 3. The van der Waals surface area contributed by atoms with Crippen LogP contribution in [0.1, 0.15) is 98.5 Å². The van der Waals surface area contributed by atoms with E-state index in [9.17, 15) is 54.0 Å². The number of carbonyl (C=O) groups is 6. The molecule has 0 radical (unpaired) electrons. The number of carbonyl (C=O) groups excluding carboxylic acids is 6. The molecular weight excluding hydrogens is 1010 g/mol. The average molecular weight is 1080 g/mol. The summed E-state index contributed by atoms with van der Waals surface area (Å²) in [7, 11) is 0. The maximum atomic E-state index is 15.0. The summed E-state index contributed by atoms with van der Waals surface area (Å²) in [4.78, 5) is 103. The number of anilines is 2. The standard InChI is InChI=1S/C58H73N5O15/c1-28(2)25-62-17-19-63(20-18-62)37-22-38(66)44-39(23-37)76-53-45(60-44)41-42-49(70)35(9)52-43(41)54(72)58(12,78-52)75-21-16-29(3)32(6)51(77-56(74)57(10,11)24-40(67)59-36(26-64)27-65)34(8)48(69)33(7)47(68)30(4)14-13-15-31(5)55(73)61-46(53)50(42)71/h13-16,21-23,26-30,32-34,36,47-48,51,66,68-70H,17-20,24-25H2,1-12H3,(H,59,67)(H,61,73)/b14-13+,21-16+,31-15-/t29-,30-,32+,33+,34+,47-,48+,51+,58-/m0/s1. The van der Waals surface area contributed by atoms with Crippen LogP contribution in [0.15, 0.2) is 57.5 Å². The van der Waals surface area contributed by atoms with E-state index in [4.69, 9.17) is 23.6 Å². The Morgan fingerprint density at radius 3 is 2.24 bits per heavy atom.